The number of imide groups is 1. The lowest BCUT2D eigenvalue weighted by Gasteiger charge is -2.30. The van der Waals surface area contributed by atoms with E-state index in [0.29, 0.717) is 23.2 Å². The summed E-state index contributed by atoms with van der Waals surface area (Å²) in [6.45, 7) is 3.20. The van der Waals surface area contributed by atoms with Gasteiger partial charge in [0, 0.05) is 12.0 Å². The number of carbonyl (C=O) groups is 3. The van der Waals surface area contributed by atoms with Gasteiger partial charge in [0.25, 0.3) is 21.9 Å². The molecule has 2 amide bonds. The van der Waals surface area contributed by atoms with Crippen LogP contribution in [0.25, 0.3) is 0 Å². The Hall–Kier alpha value is -3.08. The predicted octanol–water partition coefficient (Wildman–Crippen LogP) is 2.84. The number of hydrogen-bond donors (Lipinski definition) is 0. The van der Waals surface area contributed by atoms with Crippen LogP contribution < -0.4 is 4.74 Å². The minimum atomic E-state index is -3.96. The third-order valence-electron chi connectivity index (χ3n) is 5.75. The maximum Gasteiger partial charge on any atom is 0.267 e. The van der Waals surface area contributed by atoms with Crippen molar-refractivity contribution in [3.05, 3.63) is 65.2 Å². The highest BCUT2D eigenvalue weighted by Gasteiger charge is 2.35. The topological polar surface area (TPSA) is 116 Å². The number of methoxy groups -OCH3 is 1. The smallest absolute Gasteiger partial charge is 0.267 e. The number of aldehydes is 1. The van der Waals surface area contributed by atoms with Crippen LogP contribution in [-0.4, -0.2) is 63.5 Å². The molecule has 0 spiro atoms. The fraction of sp³-hybridized carbons (Fsp3) is 0.400. The Labute approximate surface area is 205 Å². The standard InChI is InChI=1S/C25H29NO8S/c1-25(2,22(15-27)33-16-18-9-11-19(32-3)12-10-18)17-34-35(30,31)14-6-13-26-23(28)20-7-4-5-8-21(20)24(26)29/h4-5,7-12,15,22H,6,13-14,16-17H2,1-3H3. The first-order chi connectivity index (χ1) is 16.6. The quantitative estimate of drug-likeness (QED) is 0.233. The molecule has 1 aliphatic rings. The average molecular weight is 504 g/mol. The number of benzene rings is 2. The van der Waals surface area contributed by atoms with E-state index in [1.165, 1.54) is 0 Å². The summed E-state index contributed by atoms with van der Waals surface area (Å²) in [5.74, 6) is -0.557. The first kappa shape index (κ1) is 26.5. The van der Waals surface area contributed by atoms with Crippen molar-refractivity contribution in [3.63, 3.8) is 0 Å². The Bertz CT molecular complexity index is 1140. The summed E-state index contributed by atoms with van der Waals surface area (Å²) in [5, 5.41) is 0. The van der Waals surface area contributed by atoms with Gasteiger partial charge in [0.15, 0.2) is 0 Å². The van der Waals surface area contributed by atoms with Crippen molar-refractivity contribution in [3.8, 4) is 5.75 Å². The third-order valence-corrected chi connectivity index (χ3v) is 7.01. The molecule has 2 aromatic carbocycles. The molecule has 0 aliphatic carbocycles. The van der Waals surface area contributed by atoms with Crippen molar-refractivity contribution >= 4 is 28.2 Å². The van der Waals surface area contributed by atoms with E-state index in [1.54, 1.807) is 57.4 Å². The molecule has 0 fully saturated rings. The van der Waals surface area contributed by atoms with Crippen LogP contribution in [-0.2, 0) is 30.4 Å². The minimum absolute atomic E-state index is 0.0271. The van der Waals surface area contributed by atoms with Crippen LogP contribution in [0.1, 0.15) is 46.5 Å². The van der Waals surface area contributed by atoms with E-state index in [9.17, 15) is 22.8 Å². The van der Waals surface area contributed by atoms with Gasteiger partial charge in [-0.1, -0.05) is 38.1 Å². The molecule has 0 saturated carbocycles. The molecule has 10 heteroatoms. The van der Waals surface area contributed by atoms with Crippen molar-refractivity contribution in [2.75, 3.05) is 26.0 Å². The average Bonchev–Trinajstić information content (AvgIpc) is 3.08. The van der Waals surface area contributed by atoms with Gasteiger partial charge in [-0.05, 0) is 36.2 Å². The zero-order chi connectivity index (χ0) is 25.6. The predicted molar refractivity (Wildman–Crippen MR) is 128 cm³/mol. The summed E-state index contributed by atoms with van der Waals surface area (Å²) < 4.78 is 40.9. The summed E-state index contributed by atoms with van der Waals surface area (Å²) in [7, 11) is -2.40. The van der Waals surface area contributed by atoms with E-state index >= 15 is 0 Å². The number of hydrogen-bond acceptors (Lipinski definition) is 8. The van der Waals surface area contributed by atoms with Crippen molar-refractivity contribution in [2.24, 2.45) is 5.41 Å². The van der Waals surface area contributed by atoms with Crippen molar-refractivity contribution in [2.45, 2.75) is 33.0 Å². The Morgan fingerprint density at radius 1 is 1.00 bits per heavy atom. The number of carbonyl (C=O) groups excluding carboxylic acids is 3. The highest BCUT2D eigenvalue weighted by Crippen LogP contribution is 2.26. The summed E-state index contributed by atoms with van der Waals surface area (Å²) in [4.78, 5) is 37.5. The third kappa shape index (κ3) is 6.53. The zero-order valence-corrected chi connectivity index (χ0v) is 20.7. The summed E-state index contributed by atoms with van der Waals surface area (Å²) in [6, 6.07) is 13.6. The normalized spacial score (nSPS) is 14.7. The fourth-order valence-corrected chi connectivity index (χ4v) is 4.67. The zero-order valence-electron chi connectivity index (χ0n) is 19.9. The molecule has 0 radical (unpaired) electrons. The molecule has 0 N–H and O–H groups in total. The van der Waals surface area contributed by atoms with Crippen LogP contribution in [0.4, 0.5) is 0 Å². The van der Waals surface area contributed by atoms with Crippen LogP contribution in [0.15, 0.2) is 48.5 Å². The monoisotopic (exact) mass is 503 g/mol. The maximum atomic E-state index is 12.4. The van der Waals surface area contributed by atoms with Gasteiger partial charge < -0.3 is 14.3 Å². The molecule has 9 nitrogen and oxygen atoms in total. The minimum Gasteiger partial charge on any atom is -0.497 e. The molecule has 2 aromatic rings. The molecule has 1 heterocycles. The van der Waals surface area contributed by atoms with Crippen molar-refractivity contribution in [1.82, 2.24) is 4.90 Å². The maximum absolute atomic E-state index is 12.4. The molecule has 0 bridgehead atoms. The van der Waals surface area contributed by atoms with Gasteiger partial charge >= 0.3 is 0 Å². The molecule has 0 saturated heterocycles. The van der Waals surface area contributed by atoms with Crippen LogP contribution in [0.2, 0.25) is 0 Å². The first-order valence-corrected chi connectivity index (χ1v) is 12.7. The molecule has 1 unspecified atom stereocenters. The Morgan fingerprint density at radius 3 is 2.14 bits per heavy atom. The van der Waals surface area contributed by atoms with Crippen LogP contribution >= 0.6 is 0 Å². The van der Waals surface area contributed by atoms with E-state index in [1.807, 2.05) is 12.1 Å². The van der Waals surface area contributed by atoms with E-state index in [4.69, 9.17) is 13.7 Å². The summed E-state index contributed by atoms with van der Waals surface area (Å²) in [6.07, 6.45) is -0.251. The van der Waals surface area contributed by atoms with E-state index in [2.05, 4.69) is 0 Å². The molecule has 35 heavy (non-hydrogen) atoms. The lowest BCUT2D eigenvalue weighted by atomic mass is 9.88. The second-order valence-electron chi connectivity index (χ2n) is 8.89. The number of ether oxygens (including phenoxy) is 2. The van der Waals surface area contributed by atoms with Gasteiger partial charge in [-0.2, -0.15) is 8.42 Å². The molecular formula is C25H29NO8S. The van der Waals surface area contributed by atoms with Gasteiger partial charge in [0.05, 0.1) is 37.2 Å². The van der Waals surface area contributed by atoms with Gasteiger partial charge in [0.2, 0.25) is 0 Å². The summed E-state index contributed by atoms with van der Waals surface area (Å²) >= 11 is 0. The molecule has 3 rings (SSSR count). The summed E-state index contributed by atoms with van der Waals surface area (Å²) in [5.41, 5.74) is 0.528. The number of rotatable bonds is 13. The molecule has 0 aromatic heterocycles. The second kappa shape index (κ2) is 11.1. The van der Waals surface area contributed by atoms with Crippen LogP contribution in [0.5, 0.6) is 5.75 Å². The number of nitrogens with zero attached hydrogens (tertiary/aromatic N) is 1. The molecule has 1 aliphatic heterocycles. The van der Waals surface area contributed by atoms with E-state index in [0.717, 1.165) is 10.5 Å². The Kier molecular flexibility index (Phi) is 8.42. The van der Waals surface area contributed by atoms with Gasteiger partial charge in [-0.25, -0.2) is 0 Å². The Morgan fingerprint density at radius 2 is 1.60 bits per heavy atom. The van der Waals surface area contributed by atoms with Crippen LogP contribution in [0.3, 0.4) is 0 Å². The van der Waals surface area contributed by atoms with Crippen molar-refractivity contribution < 1.29 is 36.5 Å². The van der Waals surface area contributed by atoms with Crippen LogP contribution in [0, 0.1) is 5.41 Å². The van der Waals surface area contributed by atoms with E-state index in [-0.39, 0.29) is 31.9 Å². The number of amides is 2. The Balaban J connectivity index is 1.48. The van der Waals surface area contributed by atoms with Gasteiger partial charge in [0.1, 0.15) is 18.1 Å². The largest absolute Gasteiger partial charge is 0.497 e. The SMILES string of the molecule is COc1ccc(COC(C=O)C(C)(C)COS(=O)(=O)CCCN2C(=O)c3ccccc3C2=O)cc1. The van der Waals surface area contributed by atoms with Crippen molar-refractivity contribution in [1.29, 1.82) is 0 Å². The molecule has 1 atom stereocenters. The highest BCUT2D eigenvalue weighted by atomic mass is 32.2. The van der Waals surface area contributed by atoms with Gasteiger partial charge in [-0.15, -0.1) is 0 Å². The second-order valence-corrected chi connectivity index (χ2v) is 10.6. The lowest BCUT2D eigenvalue weighted by molar-refractivity contribution is -0.129. The molecule has 188 valence electrons. The lowest BCUT2D eigenvalue weighted by Crippen LogP contribution is -2.38. The van der Waals surface area contributed by atoms with Gasteiger partial charge in [-0.3, -0.25) is 18.7 Å². The molecular weight excluding hydrogens is 474 g/mol. The van der Waals surface area contributed by atoms with E-state index < -0.39 is 33.5 Å². The number of fused-ring (bicyclic) bond motifs is 1. The first-order valence-electron chi connectivity index (χ1n) is 11.1. The fourth-order valence-electron chi connectivity index (χ4n) is 3.58. The highest BCUT2D eigenvalue weighted by molar-refractivity contribution is 7.86.